The Morgan fingerprint density at radius 2 is 2.14 bits per heavy atom. The molecule has 1 aliphatic rings. The number of nitrogens with zero attached hydrogens (tertiary/aromatic N) is 2. The van der Waals surface area contributed by atoms with Crippen molar-refractivity contribution in [1.82, 2.24) is 15.1 Å². The number of urea groups is 1. The molecule has 0 unspecified atom stereocenters. The lowest BCUT2D eigenvalue weighted by Crippen LogP contribution is -2.45. The summed E-state index contributed by atoms with van der Waals surface area (Å²) in [6, 6.07) is 10.8. The van der Waals surface area contributed by atoms with Crippen LogP contribution in [0.1, 0.15) is 25.3 Å². The van der Waals surface area contributed by atoms with Crippen LogP contribution in [0.3, 0.4) is 0 Å². The molecule has 0 saturated carbocycles. The molecule has 1 aliphatic heterocycles. The molecule has 0 aromatic heterocycles. The normalized spacial score (nSPS) is 18.7. The van der Waals surface area contributed by atoms with E-state index in [1.807, 2.05) is 25.2 Å². The zero-order chi connectivity index (χ0) is 15.1. The molecule has 1 atom stereocenters. The Balaban J connectivity index is 1.70. The summed E-state index contributed by atoms with van der Waals surface area (Å²) in [4.78, 5) is 16.3. The lowest BCUT2D eigenvalue weighted by molar-refractivity contribution is 0.201. The third-order valence-electron chi connectivity index (χ3n) is 4.32. The number of carbonyl (C=O) groups is 1. The molecule has 116 valence electrons. The fraction of sp³-hybridized carbons (Fsp3) is 0.588. The molecule has 21 heavy (non-hydrogen) atoms. The van der Waals surface area contributed by atoms with Gasteiger partial charge in [0.15, 0.2) is 0 Å². The summed E-state index contributed by atoms with van der Waals surface area (Å²) >= 11 is 0. The molecule has 4 nitrogen and oxygen atoms in total. The number of likely N-dealkylation sites (N-methyl/N-ethyl adjacent to an activating group) is 2. The lowest BCUT2D eigenvalue weighted by atomic mass is 10.1. The van der Waals surface area contributed by atoms with Crippen molar-refractivity contribution >= 4 is 6.03 Å². The first kappa shape index (κ1) is 15.8. The number of hydrogen-bond acceptors (Lipinski definition) is 2. The van der Waals surface area contributed by atoms with E-state index in [9.17, 15) is 4.79 Å². The predicted octanol–water partition coefficient (Wildman–Crippen LogP) is 2.35. The number of rotatable bonds is 6. The Morgan fingerprint density at radius 3 is 2.86 bits per heavy atom. The molecule has 1 aromatic carbocycles. The number of likely N-dealkylation sites (tertiary alicyclic amines) is 1. The highest BCUT2D eigenvalue weighted by Crippen LogP contribution is 2.15. The van der Waals surface area contributed by atoms with E-state index in [-0.39, 0.29) is 6.03 Å². The van der Waals surface area contributed by atoms with Crippen LogP contribution in [0.25, 0.3) is 0 Å². The van der Waals surface area contributed by atoms with Crippen LogP contribution in [-0.4, -0.2) is 55.1 Å². The average molecular weight is 289 g/mol. The molecule has 0 radical (unpaired) electrons. The average Bonchev–Trinajstić information content (AvgIpc) is 2.98. The Morgan fingerprint density at radius 1 is 1.38 bits per heavy atom. The highest BCUT2D eigenvalue weighted by Gasteiger charge is 2.23. The summed E-state index contributed by atoms with van der Waals surface area (Å²) in [5, 5.41) is 3.07. The van der Waals surface area contributed by atoms with E-state index in [1.54, 1.807) is 4.90 Å². The summed E-state index contributed by atoms with van der Waals surface area (Å²) in [5.74, 6) is 0. The van der Waals surface area contributed by atoms with Crippen LogP contribution < -0.4 is 5.32 Å². The largest absolute Gasteiger partial charge is 0.336 e. The van der Waals surface area contributed by atoms with Crippen molar-refractivity contribution in [1.29, 1.82) is 0 Å². The first-order chi connectivity index (χ1) is 10.2. The van der Waals surface area contributed by atoms with Gasteiger partial charge in [-0.3, -0.25) is 4.90 Å². The number of hydrogen-bond donors (Lipinski definition) is 1. The highest BCUT2D eigenvalue weighted by molar-refractivity contribution is 5.73. The predicted molar refractivity (Wildman–Crippen MR) is 86.4 cm³/mol. The quantitative estimate of drug-likeness (QED) is 0.872. The summed E-state index contributed by atoms with van der Waals surface area (Å²) < 4.78 is 0. The molecule has 1 N–H and O–H groups in total. The van der Waals surface area contributed by atoms with E-state index < -0.39 is 0 Å². The van der Waals surface area contributed by atoms with E-state index in [4.69, 9.17) is 0 Å². The van der Waals surface area contributed by atoms with Crippen LogP contribution in [0.15, 0.2) is 30.3 Å². The van der Waals surface area contributed by atoms with Crippen molar-refractivity contribution in [2.24, 2.45) is 0 Å². The Bertz CT molecular complexity index is 435. The van der Waals surface area contributed by atoms with Crippen LogP contribution in [0, 0.1) is 0 Å². The zero-order valence-corrected chi connectivity index (χ0v) is 13.2. The van der Waals surface area contributed by atoms with Gasteiger partial charge in [-0.2, -0.15) is 0 Å². The van der Waals surface area contributed by atoms with Gasteiger partial charge in [-0.25, -0.2) is 4.79 Å². The number of amides is 2. The third kappa shape index (κ3) is 4.74. The summed E-state index contributed by atoms with van der Waals surface area (Å²) in [5.41, 5.74) is 1.27. The molecule has 1 fully saturated rings. The van der Waals surface area contributed by atoms with Crippen molar-refractivity contribution in [3.8, 4) is 0 Å². The van der Waals surface area contributed by atoms with Gasteiger partial charge >= 0.3 is 6.03 Å². The lowest BCUT2D eigenvalue weighted by Gasteiger charge is -2.24. The SMILES string of the molecule is CCN1CCC[C@@H]1CNC(=O)N(C)CCc1ccccc1. The van der Waals surface area contributed by atoms with Crippen LogP contribution in [-0.2, 0) is 6.42 Å². The molecule has 2 rings (SSSR count). The molecule has 1 aromatic rings. The summed E-state index contributed by atoms with van der Waals surface area (Å²) in [6.07, 6.45) is 3.34. The standard InChI is InChI=1S/C17H27N3O/c1-3-20-12-7-10-16(20)14-18-17(21)19(2)13-11-15-8-5-4-6-9-15/h4-6,8-9,16H,3,7,10-14H2,1-2H3,(H,18,21)/t16-/m1/s1. The van der Waals surface area contributed by atoms with Gasteiger partial charge in [0, 0.05) is 26.2 Å². The number of benzene rings is 1. The molecule has 1 heterocycles. The van der Waals surface area contributed by atoms with Gasteiger partial charge in [-0.05, 0) is 37.9 Å². The molecule has 2 amide bonds. The smallest absolute Gasteiger partial charge is 0.317 e. The molecule has 0 spiro atoms. The monoisotopic (exact) mass is 289 g/mol. The summed E-state index contributed by atoms with van der Waals surface area (Å²) in [6.45, 7) is 5.94. The fourth-order valence-electron chi connectivity index (χ4n) is 2.93. The van der Waals surface area contributed by atoms with Crippen LogP contribution >= 0.6 is 0 Å². The van der Waals surface area contributed by atoms with E-state index in [1.165, 1.54) is 24.9 Å². The number of nitrogens with one attached hydrogen (secondary N) is 1. The van der Waals surface area contributed by atoms with Gasteiger partial charge in [0.1, 0.15) is 0 Å². The fourth-order valence-corrected chi connectivity index (χ4v) is 2.93. The van der Waals surface area contributed by atoms with Gasteiger partial charge in [0.2, 0.25) is 0 Å². The minimum absolute atomic E-state index is 0.0360. The second kappa shape index (κ2) is 8.03. The van der Waals surface area contributed by atoms with Crippen LogP contribution in [0.4, 0.5) is 4.79 Å². The Kier molecular flexibility index (Phi) is 6.05. The van der Waals surface area contributed by atoms with Gasteiger partial charge in [0.25, 0.3) is 0 Å². The maximum Gasteiger partial charge on any atom is 0.317 e. The molecule has 0 aliphatic carbocycles. The minimum Gasteiger partial charge on any atom is -0.336 e. The molecule has 1 saturated heterocycles. The van der Waals surface area contributed by atoms with Crippen LogP contribution in [0.2, 0.25) is 0 Å². The molecule has 4 heteroatoms. The zero-order valence-electron chi connectivity index (χ0n) is 13.2. The van der Waals surface area contributed by atoms with Gasteiger partial charge in [-0.15, -0.1) is 0 Å². The summed E-state index contributed by atoms with van der Waals surface area (Å²) in [7, 11) is 1.87. The molecule has 0 bridgehead atoms. The second-order valence-corrected chi connectivity index (χ2v) is 5.77. The first-order valence-corrected chi connectivity index (χ1v) is 7.97. The van der Waals surface area contributed by atoms with Gasteiger partial charge in [-0.1, -0.05) is 37.3 Å². The van der Waals surface area contributed by atoms with Crippen molar-refractivity contribution in [3.63, 3.8) is 0 Å². The maximum absolute atomic E-state index is 12.1. The van der Waals surface area contributed by atoms with Crippen molar-refractivity contribution in [3.05, 3.63) is 35.9 Å². The highest BCUT2D eigenvalue weighted by atomic mass is 16.2. The minimum atomic E-state index is 0.0360. The van der Waals surface area contributed by atoms with Gasteiger partial charge < -0.3 is 10.2 Å². The third-order valence-corrected chi connectivity index (χ3v) is 4.32. The topological polar surface area (TPSA) is 35.6 Å². The Hall–Kier alpha value is -1.55. The van der Waals surface area contributed by atoms with E-state index in [0.717, 1.165) is 26.1 Å². The molecular weight excluding hydrogens is 262 g/mol. The Labute approximate surface area is 128 Å². The van der Waals surface area contributed by atoms with E-state index >= 15 is 0 Å². The van der Waals surface area contributed by atoms with Crippen molar-refractivity contribution in [2.45, 2.75) is 32.2 Å². The maximum atomic E-state index is 12.1. The molecular formula is C17H27N3O. The second-order valence-electron chi connectivity index (χ2n) is 5.77. The first-order valence-electron chi connectivity index (χ1n) is 7.97. The van der Waals surface area contributed by atoms with Crippen molar-refractivity contribution < 1.29 is 4.79 Å². The van der Waals surface area contributed by atoms with Gasteiger partial charge in [0.05, 0.1) is 0 Å². The van der Waals surface area contributed by atoms with E-state index in [2.05, 4.69) is 29.3 Å². The van der Waals surface area contributed by atoms with Crippen molar-refractivity contribution in [2.75, 3.05) is 33.2 Å². The number of carbonyl (C=O) groups excluding carboxylic acids is 1. The van der Waals surface area contributed by atoms with E-state index in [0.29, 0.717) is 6.04 Å². The van der Waals surface area contributed by atoms with Crippen LogP contribution in [0.5, 0.6) is 0 Å².